The van der Waals surface area contributed by atoms with Gasteiger partial charge < -0.3 is 20.1 Å². The van der Waals surface area contributed by atoms with E-state index in [4.69, 9.17) is 21.7 Å². The van der Waals surface area contributed by atoms with Crippen LogP contribution in [-0.2, 0) is 6.54 Å². The fraction of sp³-hybridized carbons (Fsp3) is 0.200. The molecule has 0 saturated carbocycles. The van der Waals surface area contributed by atoms with Gasteiger partial charge in [0.05, 0.1) is 38.3 Å². The van der Waals surface area contributed by atoms with E-state index in [0.29, 0.717) is 23.2 Å². The monoisotopic (exact) mass is 382 g/mol. The molecule has 27 heavy (non-hydrogen) atoms. The van der Waals surface area contributed by atoms with Crippen molar-refractivity contribution in [1.29, 1.82) is 0 Å². The largest absolute Gasteiger partial charge is 0.497 e. The third-order valence-corrected chi connectivity index (χ3v) is 4.22. The molecule has 0 aliphatic heterocycles. The van der Waals surface area contributed by atoms with Crippen LogP contribution in [-0.4, -0.2) is 29.1 Å². The van der Waals surface area contributed by atoms with E-state index < -0.39 is 0 Å². The molecule has 2 aromatic carbocycles. The average molecular weight is 382 g/mol. The van der Waals surface area contributed by atoms with Crippen LogP contribution in [0.15, 0.2) is 54.9 Å². The van der Waals surface area contributed by atoms with E-state index in [-0.39, 0.29) is 0 Å². The van der Waals surface area contributed by atoms with Gasteiger partial charge in [-0.15, -0.1) is 0 Å². The molecule has 140 valence electrons. The summed E-state index contributed by atoms with van der Waals surface area (Å²) in [6, 6.07) is 13.9. The molecular weight excluding hydrogens is 360 g/mol. The number of thiocarbonyl (C=S) groups is 1. The molecule has 2 N–H and O–H groups in total. The van der Waals surface area contributed by atoms with Gasteiger partial charge in [-0.1, -0.05) is 29.8 Å². The second-order valence-corrected chi connectivity index (χ2v) is 6.47. The number of hydrogen-bond donors (Lipinski definition) is 2. The summed E-state index contributed by atoms with van der Waals surface area (Å²) in [6.45, 7) is 2.78. The number of ether oxygens (including phenoxy) is 2. The Morgan fingerprint density at radius 1 is 1.07 bits per heavy atom. The van der Waals surface area contributed by atoms with E-state index >= 15 is 0 Å². The van der Waals surface area contributed by atoms with Gasteiger partial charge in [-0.05, 0) is 36.8 Å². The van der Waals surface area contributed by atoms with Crippen LogP contribution in [0.5, 0.6) is 11.5 Å². The van der Waals surface area contributed by atoms with Gasteiger partial charge in [0.2, 0.25) is 0 Å². The fourth-order valence-corrected chi connectivity index (χ4v) is 2.81. The fourth-order valence-electron chi connectivity index (χ4n) is 2.58. The molecule has 3 rings (SSSR count). The van der Waals surface area contributed by atoms with Gasteiger partial charge in [-0.2, -0.15) is 5.10 Å². The van der Waals surface area contributed by atoms with Gasteiger partial charge in [-0.25, -0.2) is 0 Å². The van der Waals surface area contributed by atoms with Crippen molar-refractivity contribution in [2.24, 2.45) is 0 Å². The number of aryl methyl sites for hydroxylation is 1. The van der Waals surface area contributed by atoms with Gasteiger partial charge in [0.15, 0.2) is 5.11 Å². The number of methoxy groups -OCH3 is 2. The van der Waals surface area contributed by atoms with Crippen LogP contribution in [0.4, 0.5) is 11.4 Å². The summed E-state index contributed by atoms with van der Waals surface area (Å²) in [6.07, 6.45) is 3.66. The van der Waals surface area contributed by atoms with Crippen LogP contribution in [0.25, 0.3) is 0 Å². The summed E-state index contributed by atoms with van der Waals surface area (Å²) in [7, 11) is 3.22. The molecule has 0 saturated heterocycles. The van der Waals surface area contributed by atoms with E-state index in [1.165, 1.54) is 11.1 Å². The highest BCUT2D eigenvalue weighted by molar-refractivity contribution is 7.80. The Morgan fingerprint density at radius 3 is 2.56 bits per heavy atom. The van der Waals surface area contributed by atoms with Gasteiger partial charge >= 0.3 is 0 Å². The van der Waals surface area contributed by atoms with Crippen molar-refractivity contribution >= 4 is 28.7 Å². The summed E-state index contributed by atoms with van der Waals surface area (Å²) in [5.74, 6) is 1.36. The minimum absolute atomic E-state index is 0.452. The van der Waals surface area contributed by atoms with E-state index in [0.717, 1.165) is 11.4 Å². The molecule has 0 fully saturated rings. The van der Waals surface area contributed by atoms with Crippen molar-refractivity contribution in [2.45, 2.75) is 13.5 Å². The zero-order valence-electron chi connectivity index (χ0n) is 15.5. The van der Waals surface area contributed by atoms with E-state index in [1.54, 1.807) is 26.5 Å². The Labute approximate surface area is 164 Å². The number of hydrogen-bond acceptors (Lipinski definition) is 4. The predicted octanol–water partition coefficient (Wildman–Crippen LogP) is 4.07. The molecule has 0 aliphatic rings. The molecule has 0 spiro atoms. The summed E-state index contributed by atoms with van der Waals surface area (Å²) >= 11 is 5.39. The number of benzene rings is 2. The highest BCUT2D eigenvalue weighted by atomic mass is 32.1. The number of anilines is 2. The summed E-state index contributed by atoms with van der Waals surface area (Å²) in [4.78, 5) is 0. The van der Waals surface area contributed by atoms with Crippen LogP contribution < -0.4 is 20.1 Å². The maximum Gasteiger partial charge on any atom is 0.175 e. The number of rotatable bonds is 6. The maximum absolute atomic E-state index is 5.39. The first-order valence-corrected chi connectivity index (χ1v) is 8.86. The van der Waals surface area contributed by atoms with Gasteiger partial charge in [-0.3, -0.25) is 4.68 Å². The standard InChI is InChI=1S/C20H22N4O2S/c1-14-4-6-15(7-5-14)12-24-13-16(11-21-24)22-20(27)23-18-9-8-17(25-2)10-19(18)26-3/h4-11,13H,12H2,1-3H3,(H2,22,23,27). The minimum Gasteiger partial charge on any atom is -0.497 e. The van der Waals surface area contributed by atoms with E-state index in [1.807, 2.05) is 23.0 Å². The lowest BCUT2D eigenvalue weighted by molar-refractivity contribution is 0.395. The van der Waals surface area contributed by atoms with Crippen molar-refractivity contribution in [1.82, 2.24) is 9.78 Å². The van der Waals surface area contributed by atoms with Crippen molar-refractivity contribution < 1.29 is 9.47 Å². The van der Waals surface area contributed by atoms with Gasteiger partial charge in [0.1, 0.15) is 11.5 Å². The Balaban J connectivity index is 1.61. The van der Waals surface area contributed by atoms with Crippen LogP contribution in [0, 0.1) is 6.92 Å². The third kappa shape index (κ3) is 4.98. The molecule has 0 atom stereocenters. The molecule has 0 unspecified atom stereocenters. The second-order valence-electron chi connectivity index (χ2n) is 6.06. The number of nitrogens with one attached hydrogen (secondary N) is 2. The van der Waals surface area contributed by atoms with Crippen molar-refractivity contribution in [2.75, 3.05) is 24.9 Å². The third-order valence-electron chi connectivity index (χ3n) is 4.01. The molecule has 3 aromatic rings. The number of aromatic nitrogens is 2. The Hall–Kier alpha value is -3.06. The normalized spacial score (nSPS) is 10.3. The quantitative estimate of drug-likeness (QED) is 0.627. The highest BCUT2D eigenvalue weighted by Gasteiger charge is 2.08. The highest BCUT2D eigenvalue weighted by Crippen LogP contribution is 2.29. The second kappa shape index (κ2) is 8.55. The van der Waals surface area contributed by atoms with E-state index in [9.17, 15) is 0 Å². The van der Waals surface area contributed by atoms with Crippen molar-refractivity contribution in [3.05, 3.63) is 66.0 Å². The first-order valence-electron chi connectivity index (χ1n) is 8.45. The lowest BCUT2D eigenvalue weighted by Gasteiger charge is -2.13. The summed E-state index contributed by atoms with van der Waals surface area (Å²) < 4.78 is 12.4. The topological polar surface area (TPSA) is 60.3 Å². The van der Waals surface area contributed by atoms with Crippen LogP contribution >= 0.6 is 12.2 Å². The molecule has 0 bridgehead atoms. The SMILES string of the molecule is COc1ccc(NC(=S)Nc2cnn(Cc3ccc(C)cc3)c2)c(OC)c1. The van der Waals surface area contributed by atoms with Gasteiger partial charge in [0.25, 0.3) is 0 Å². The molecule has 7 heteroatoms. The lowest BCUT2D eigenvalue weighted by Crippen LogP contribution is -2.19. The summed E-state index contributed by atoms with van der Waals surface area (Å²) in [5, 5.41) is 11.1. The molecule has 0 aliphatic carbocycles. The Kier molecular flexibility index (Phi) is 5.93. The molecular formula is C20H22N4O2S. The smallest absolute Gasteiger partial charge is 0.175 e. The molecule has 1 aromatic heterocycles. The van der Waals surface area contributed by atoms with Crippen LogP contribution in [0.2, 0.25) is 0 Å². The van der Waals surface area contributed by atoms with Crippen LogP contribution in [0.3, 0.4) is 0 Å². The van der Waals surface area contributed by atoms with Crippen LogP contribution in [0.1, 0.15) is 11.1 Å². The number of nitrogens with zero attached hydrogens (tertiary/aromatic N) is 2. The lowest BCUT2D eigenvalue weighted by atomic mass is 10.1. The predicted molar refractivity (Wildman–Crippen MR) is 112 cm³/mol. The molecule has 6 nitrogen and oxygen atoms in total. The summed E-state index contributed by atoms with van der Waals surface area (Å²) in [5.41, 5.74) is 4.00. The average Bonchev–Trinajstić information content (AvgIpc) is 3.10. The zero-order valence-corrected chi connectivity index (χ0v) is 16.3. The maximum atomic E-state index is 5.39. The minimum atomic E-state index is 0.452. The van der Waals surface area contributed by atoms with Crippen molar-refractivity contribution in [3.63, 3.8) is 0 Å². The molecule has 1 heterocycles. The van der Waals surface area contributed by atoms with Gasteiger partial charge in [0, 0.05) is 12.3 Å². The first-order chi connectivity index (χ1) is 13.1. The molecule has 0 amide bonds. The zero-order chi connectivity index (χ0) is 19.2. The Bertz CT molecular complexity index is 922. The Morgan fingerprint density at radius 2 is 1.85 bits per heavy atom. The first kappa shape index (κ1) is 18.7. The van der Waals surface area contributed by atoms with Crippen molar-refractivity contribution in [3.8, 4) is 11.5 Å². The van der Waals surface area contributed by atoms with E-state index in [2.05, 4.69) is 46.9 Å². The molecule has 0 radical (unpaired) electrons.